The van der Waals surface area contributed by atoms with Crippen molar-refractivity contribution in [1.29, 1.82) is 5.41 Å². The summed E-state index contributed by atoms with van der Waals surface area (Å²) in [5.41, 5.74) is 1.64. The molecule has 0 saturated carbocycles. The molecular weight excluding hydrogens is 516 g/mol. The number of thioether (sulfide) groups is 1. The van der Waals surface area contributed by atoms with Gasteiger partial charge in [0.05, 0.1) is 25.4 Å². The number of nitrogens with one attached hydrogen (secondary N) is 1. The zero-order valence-corrected chi connectivity index (χ0v) is 22.2. The van der Waals surface area contributed by atoms with Crippen LogP contribution in [0.2, 0.25) is 0 Å². The number of fused-ring (bicyclic) bond motifs is 1. The Hall–Kier alpha value is -3.64. The number of amides is 1. The molecule has 2 aliphatic rings. The average Bonchev–Trinajstić information content (AvgIpc) is 3.29. The Morgan fingerprint density at radius 2 is 1.78 bits per heavy atom. The molecule has 2 heterocycles. The molecule has 0 spiro atoms. The molecule has 0 atom stereocenters. The molecule has 0 bridgehead atoms. The van der Waals surface area contributed by atoms with Crippen LogP contribution < -0.4 is 14.2 Å². The molecule has 2 aromatic carbocycles. The summed E-state index contributed by atoms with van der Waals surface area (Å²) in [7, 11) is -3.60. The van der Waals surface area contributed by atoms with Crippen molar-refractivity contribution in [2.75, 3.05) is 26.1 Å². The molecule has 4 rings (SSSR count). The summed E-state index contributed by atoms with van der Waals surface area (Å²) < 4.78 is 40.9. The smallest absolute Gasteiger partial charge is 0.283 e. The van der Waals surface area contributed by atoms with Gasteiger partial charge in [-0.05, 0) is 61.0 Å². The first kappa shape index (κ1) is 26.4. The minimum atomic E-state index is -3.60. The van der Waals surface area contributed by atoms with Crippen molar-refractivity contribution in [2.45, 2.75) is 20.3 Å². The first-order chi connectivity index (χ1) is 17.7. The molecule has 194 valence electrons. The van der Waals surface area contributed by atoms with E-state index < -0.39 is 15.7 Å². The largest absolute Gasteiger partial charge is 0.493 e. The Morgan fingerprint density at radius 3 is 2.49 bits per heavy atom. The Bertz CT molecular complexity index is 1430. The van der Waals surface area contributed by atoms with Crippen LogP contribution in [-0.2, 0) is 14.6 Å². The summed E-state index contributed by atoms with van der Waals surface area (Å²) in [6, 6.07) is 13.0. The molecule has 10 nitrogen and oxygen atoms in total. The summed E-state index contributed by atoms with van der Waals surface area (Å²) in [4.78, 5) is 16.5. The average molecular weight is 543 g/mol. The lowest BCUT2D eigenvalue weighted by Gasteiger charge is -2.20. The van der Waals surface area contributed by atoms with Crippen LogP contribution in [0.5, 0.6) is 17.2 Å². The van der Waals surface area contributed by atoms with Gasteiger partial charge in [-0.25, -0.2) is 8.42 Å². The quantitative estimate of drug-likeness (QED) is 0.373. The highest BCUT2D eigenvalue weighted by atomic mass is 32.3. The molecule has 1 amide bonds. The normalized spacial score (nSPS) is 16.4. The number of aryl methyl sites for hydroxylation is 1. The highest BCUT2D eigenvalue weighted by molar-refractivity contribution is 8.42. The number of benzene rings is 2. The Labute approximate surface area is 219 Å². The molecule has 0 aromatic heterocycles. The highest BCUT2D eigenvalue weighted by Crippen LogP contribution is 2.32. The number of para-hydroxylation sites is 1. The summed E-state index contributed by atoms with van der Waals surface area (Å²) in [6.45, 7) is 5.17. The molecule has 2 aromatic rings. The number of ether oxygens (including phenoxy) is 3. The van der Waals surface area contributed by atoms with Gasteiger partial charge < -0.3 is 14.2 Å². The van der Waals surface area contributed by atoms with Crippen molar-refractivity contribution in [3.05, 3.63) is 59.2 Å². The standard InChI is InChI=1S/C25H26N4O6S2/c1-4-33-21-15-17(10-11-20(21)35-13-7-12-34-19-9-6-5-8-16(19)2)14-18-22(26)29-24(27-23(18)30)36-25(28-29)37(3,31)32/h5-6,8-11,14-15,26H,4,7,12-13H2,1-3H3/b18-14-,26-22?. The lowest BCUT2D eigenvalue weighted by atomic mass is 10.1. The van der Waals surface area contributed by atoms with Crippen LogP contribution >= 0.6 is 11.8 Å². The van der Waals surface area contributed by atoms with Gasteiger partial charge in [0.1, 0.15) is 5.75 Å². The van der Waals surface area contributed by atoms with Crippen LogP contribution in [0.25, 0.3) is 6.08 Å². The summed E-state index contributed by atoms with van der Waals surface area (Å²) >= 11 is 0.742. The third-order valence-electron chi connectivity index (χ3n) is 5.23. The van der Waals surface area contributed by atoms with Gasteiger partial charge in [0.15, 0.2) is 17.3 Å². The Kier molecular flexibility index (Phi) is 7.98. The number of sulfone groups is 1. The van der Waals surface area contributed by atoms with E-state index in [9.17, 15) is 13.2 Å². The van der Waals surface area contributed by atoms with Gasteiger partial charge in [-0.15, -0.1) is 5.10 Å². The zero-order valence-electron chi connectivity index (χ0n) is 20.6. The third-order valence-corrected chi connectivity index (χ3v) is 7.81. The van der Waals surface area contributed by atoms with E-state index >= 15 is 0 Å². The third kappa shape index (κ3) is 6.20. The van der Waals surface area contributed by atoms with E-state index in [-0.39, 0.29) is 21.0 Å². The fourth-order valence-electron chi connectivity index (χ4n) is 3.43. The number of amidine groups is 2. The van der Waals surface area contributed by atoms with Crippen molar-refractivity contribution < 1.29 is 27.4 Å². The van der Waals surface area contributed by atoms with Crippen LogP contribution in [0.15, 0.2) is 58.1 Å². The minimum Gasteiger partial charge on any atom is -0.493 e. The lowest BCUT2D eigenvalue weighted by Crippen LogP contribution is -2.35. The Balaban J connectivity index is 1.45. The van der Waals surface area contributed by atoms with Gasteiger partial charge in [0.25, 0.3) is 5.91 Å². The maximum Gasteiger partial charge on any atom is 0.283 e. The van der Waals surface area contributed by atoms with Crippen molar-refractivity contribution >= 4 is 49.0 Å². The second-order valence-electron chi connectivity index (χ2n) is 8.11. The van der Waals surface area contributed by atoms with E-state index in [4.69, 9.17) is 19.6 Å². The van der Waals surface area contributed by atoms with Gasteiger partial charge in [0, 0.05) is 12.7 Å². The van der Waals surface area contributed by atoms with Crippen molar-refractivity contribution in [3.8, 4) is 17.2 Å². The van der Waals surface area contributed by atoms with E-state index in [0.29, 0.717) is 43.3 Å². The van der Waals surface area contributed by atoms with Crippen molar-refractivity contribution in [1.82, 2.24) is 5.01 Å². The fraction of sp³-hybridized carbons (Fsp3) is 0.280. The molecule has 0 radical (unpaired) electrons. The van der Waals surface area contributed by atoms with E-state index in [1.807, 2.05) is 38.1 Å². The molecule has 0 saturated heterocycles. The molecule has 2 aliphatic heterocycles. The SMILES string of the molecule is CCOc1cc(/C=C2/C(=N)N3N=C(S(C)(=O)=O)SC3=NC2=O)ccc1OCCCOc1ccccc1C. The maximum absolute atomic E-state index is 12.6. The topological polar surface area (TPSA) is 131 Å². The molecule has 37 heavy (non-hydrogen) atoms. The highest BCUT2D eigenvalue weighted by Gasteiger charge is 2.38. The summed E-state index contributed by atoms with van der Waals surface area (Å²) in [6.07, 6.45) is 3.17. The fourth-order valence-corrected chi connectivity index (χ4v) is 5.12. The van der Waals surface area contributed by atoms with Crippen LogP contribution in [-0.4, -0.2) is 60.8 Å². The molecule has 0 unspecified atom stereocenters. The minimum absolute atomic E-state index is 0.0210. The molecular formula is C25H26N4O6S2. The number of rotatable bonds is 9. The van der Waals surface area contributed by atoms with Crippen molar-refractivity contribution in [3.63, 3.8) is 0 Å². The molecule has 0 fully saturated rings. The number of hydrazone groups is 1. The first-order valence-electron chi connectivity index (χ1n) is 11.5. The van der Waals surface area contributed by atoms with Gasteiger partial charge in [0.2, 0.25) is 19.4 Å². The predicted molar refractivity (Wildman–Crippen MR) is 144 cm³/mol. The van der Waals surface area contributed by atoms with Gasteiger partial charge >= 0.3 is 0 Å². The number of carbonyl (C=O) groups excluding carboxylic acids is 1. The summed E-state index contributed by atoms with van der Waals surface area (Å²) in [5, 5.41) is 13.4. The second-order valence-corrected chi connectivity index (χ2v) is 11.3. The molecule has 12 heteroatoms. The van der Waals surface area contributed by atoms with Crippen LogP contribution in [0, 0.1) is 12.3 Å². The molecule has 0 aliphatic carbocycles. The maximum atomic E-state index is 12.6. The van der Waals surface area contributed by atoms with Crippen LogP contribution in [0.1, 0.15) is 24.5 Å². The zero-order chi connectivity index (χ0) is 26.6. The molecule has 1 N–H and O–H groups in total. The first-order valence-corrected chi connectivity index (χ1v) is 14.2. The van der Waals surface area contributed by atoms with Gasteiger partial charge in [-0.3, -0.25) is 10.2 Å². The van der Waals surface area contributed by atoms with Crippen LogP contribution in [0.4, 0.5) is 0 Å². The van der Waals surface area contributed by atoms with E-state index in [1.54, 1.807) is 18.2 Å². The van der Waals surface area contributed by atoms with E-state index in [2.05, 4.69) is 10.1 Å². The Morgan fingerprint density at radius 1 is 1.05 bits per heavy atom. The number of hydrogen-bond acceptors (Lipinski definition) is 9. The van der Waals surface area contributed by atoms with Crippen LogP contribution in [0.3, 0.4) is 0 Å². The van der Waals surface area contributed by atoms with Crippen molar-refractivity contribution in [2.24, 2.45) is 10.1 Å². The summed E-state index contributed by atoms with van der Waals surface area (Å²) in [5.74, 6) is 0.974. The van der Waals surface area contributed by atoms with Gasteiger partial charge in [-0.2, -0.15) is 10.0 Å². The number of aliphatic imine (C=N–C) groups is 1. The lowest BCUT2D eigenvalue weighted by molar-refractivity contribution is -0.114. The van der Waals surface area contributed by atoms with E-state index in [1.165, 1.54) is 6.08 Å². The number of carbonyl (C=O) groups is 1. The monoisotopic (exact) mass is 542 g/mol. The number of hydrogen-bond donors (Lipinski definition) is 1. The predicted octanol–water partition coefficient (Wildman–Crippen LogP) is 3.86. The number of nitrogens with zero attached hydrogens (tertiary/aromatic N) is 3. The van der Waals surface area contributed by atoms with Gasteiger partial charge in [-0.1, -0.05) is 24.3 Å². The van der Waals surface area contributed by atoms with E-state index in [0.717, 1.165) is 34.3 Å². The second kappa shape index (κ2) is 11.2.